The molecule has 0 amide bonds. The summed E-state index contributed by atoms with van der Waals surface area (Å²) in [5, 5.41) is 18.0. The number of aliphatic hydroxyl groups excluding tert-OH is 1. The summed E-state index contributed by atoms with van der Waals surface area (Å²) in [5.41, 5.74) is 7.59. The minimum absolute atomic E-state index is 0.526. The summed E-state index contributed by atoms with van der Waals surface area (Å²) in [6, 6.07) is 2.00. The number of thiophene rings is 1. The average molecular weight is 223 g/mol. The van der Waals surface area contributed by atoms with Gasteiger partial charge in [0.15, 0.2) is 0 Å². The third-order valence-electron chi connectivity index (χ3n) is 2.38. The second-order valence-electron chi connectivity index (χ2n) is 3.46. The maximum absolute atomic E-state index is 9.96. The highest BCUT2D eigenvalue weighted by atomic mass is 32.1. The molecule has 0 aromatic carbocycles. The molecule has 0 radical (unpaired) electrons. The van der Waals surface area contributed by atoms with E-state index in [1.807, 2.05) is 16.8 Å². The largest absolute Gasteiger partial charge is 0.388 e. The topological polar surface area (TPSA) is 64.1 Å². The van der Waals surface area contributed by atoms with Crippen LogP contribution in [0.1, 0.15) is 17.2 Å². The molecular weight excluding hydrogens is 210 g/mol. The zero-order valence-electron chi connectivity index (χ0n) is 8.42. The van der Waals surface area contributed by atoms with Crippen LogP contribution in [-0.2, 0) is 13.5 Å². The van der Waals surface area contributed by atoms with Crippen LogP contribution >= 0.6 is 11.3 Å². The number of nitrogens with zero attached hydrogens (tertiary/aromatic N) is 2. The lowest BCUT2D eigenvalue weighted by atomic mass is 10.1. The summed E-state index contributed by atoms with van der Waals surface area (Å²) in [7, 11) is 1.76. The van der Waals surface area contributed by atoms with Crippen LogP contribution in [0.2, 0.25) is 0 Å². The predicted octanol–water partition coefficient (Wildman–Crippen LogP) is 1.34. The van der Waals surface area contributed by atoms with Crippen LogP contribution in [0.15, 0.2) is 23.0 Å². The minimum Gasteiger partial charge on any atom is -0.388 e. The van der Waals surface area contributed by atoms with Gasteiger partial charge in [0.2, 0.25) is 0 Å². The molecule has 2 rings (SSSR count). The Kier molecular flexibility index (Phi) is 2.75. The fourth-order valence-corrected chi connectivity index (χ4v) is 2.14. The Labute approximate surface area is 92.0 Å². The number of aliphatic hydroxyl groups is 1. The summed E-state index contributed by atoms with van der Waals surface area (Å²) < 4.78 is 1.56. The number of hydrogen-bond acceptors (Lipinski definition) is 4. The number of hydrogen-bond donors (Lipinski definition) is 2. The van der Waals surface area contributed by atoms with Gasteiger partial charge in [-0.1, -0.05) is 0 Å². The molecule has 0 saturated carbocycles. The lowest BCUT2D eigenvalue weighted by molar-refractivity contribution is 0.179. The number of aryl methyl sites for hydroxylation is 1. The first kappa shape index (κ1) is 10.2. The second kappa shape index (κ2) is 4.04. The van der Waals surface area contributed by atoms with E-state index < -0.39 is 6.10 Å². The summed E-state index contributed by atoms with van der Waals surface area (Å²) in [6.07, 6.45) is 1.62. The lowest BCUT2D eigenvalue weighted by Gasteiger charge is -2.08. The van der Waals surface area contributed by atoms with Gasteiger partial charge < -0.3 is 10.8 Å². The van der Waals surface area contributed by atoms with Crippen molar-refractivity contribution in [2.45, 2.75) is 12.5 Å². The Morgan fingerprint density at radius 3 is 3.00 bits per heavy atom. The van der Waals surface area contributed by atoms with E-state index in [-0.39, 0.29) is 0 Å². The summed E-state index contributed by atoms with van der Waals surface area (Å²) in [6.45, 7) is 0. The van der Waals surface area contributed by atoms with Crippen LogP contribution in [0, 0.1) is 0 Å². The molecule has 0 aliphatic heterocycles. The first-order valence-corrected chi connectivity index (χ1v) is 5.59. The van der Waals surface area contributed by atoms with Gasteiger partial charge in [0.1, 0.15) is 5.82 Å². The fourth-order valence-electron chi connectivity index (χ4n) is 1.46. The second-order valence-corrected chi connectivity index (χ2v) is 4.24. The van der Waals surface area contributed by atoms with Crippen molar-refractivity contribution in [3.8, 4) is 0 Å². The molecule has 0 aliphatic rings. The van der Waals surface area contributed by atoms with Crippen LogP contribution in [0.25, 0.3) is 0 Å². The van der Waals surface area contributed by atoms with Crippen molar-refractivity contribution in [3.63, 3.8) is 0 Å². The smallest absolute Gasteiger partial charge is 0.127 e. The average Bonchev–Trinajstić information content (AvgIpc) is 2.79. The number of nitrogen functional groups attached to an aromatic ring is 1. The van der Waals surface area contributed by atoms with Crippen molar-refractivity contribution in [3.05, 3.63) is 34.2 Å². The van der Waals surface area contributed by atoms with Gasteiger partial charge in [0.25, 0.3) is 0 Å². The highest BCUT2D eigenvalue weighted by Gasteiger charge is 2.15. The molecular formula is C10H13N3OS. The van der Waals surface area contributed by atoms with E-state index in [0.717, 1.165) is 5.56 Å². The zero-order chi connectivity index (χ0) is 10.8. The predicted molar refractivity (Wildman–Crippen MR) is 60.6 cm³/mol. The molecule has 2 aromatic rings. The van der Waals surface area contributed by atoms with Gasteiger partial charge in [-0.05, 0) is 22.4 Å². The van der Waals surface area contributed by atoms with Crippen LogP contribution in [0.4, 0.5) is 5.82 Å². The monoisotopic (exact) mass is 223 g/mol. The quantitative estimate of drug-likeness (QED) is 0.825. The van der Waals surface area contributed by atoms with E-state index in [4.69, 9.17) is 5.73 Å². The normalized spacial score (nSPS) is 12.9. The molecule has 5 heteroatoms. The highest BCUT2D eigenvalue weighted by Crippen LogP contribution is 2.23. The first-order valence-electron chi connectivity index (χ1n) is 4.65. The van der Waals surface area contributed by atoms with Crippen LogP contribution < -0.4 is 5.73 Å². The maximum Gasteiger partial charge on any atom is 0.127 e. The van der Waals surface area contributed by atoms with Crippen LogP contribution in [0.3, 0.4) is 0 Å². The zero-order valence-corrected chi connectivity index (χ0v) is 9.24. The molecule has 0 saturated heterocycles. The van der Waals surface area contributed by atoms with Gasteiger partial charge in [-0.3, -0.25) is 4.68 Å². The molecule has 0 aliphatic carbocycles. The van der Waals surface area contributed by atoms with E-state index in [1.54, 1.807) is 29.3 Å². The van der Waals surface area contributed by atoms with Crippen molar-refractivity contribution in [2.75, 3.05) is 5.73 Å². The Morgan fingerprint density at radius 1 is 1.67 bits per heavy atom. The van der Waals surface area contributed by atoms with Crippen LogP contribution in [0.5, 0.6) is 0 Å². The van der Waals surface area contributed by atoms with Crippen LogP contribution in [-0.4, -0.2) is 14.9 Å². The molecule has 4 nitrogen and oxygen atoms in total. The summed E-state index contributed by atoms with van der Waals surface area (Å²) >= 11 is 1.62. The third kappa shape index (κ3) is 2.03. The molecule has 3 N–H and O–H groups in total. The van der Waals surface area contributed by atoms with E-state index in [2.05, 4.69) is 5.10 Å². The van der Waals surface area contributed by atoms with E-state index >= 15 is 0 Å². The van der Waals surface area contributed by atoms with Gasteiger partial charge in [-0.25, -0.2) is 0 Å². The minimum atomic E-state index is -0.576. The highest BCUT2D eigenvalue weighted by molar-refractivity contribution is 7.07. The summed E-state index contributed by atoms with van der Waals surface area (Å²) in [5.74, 6) is 0.526. The van der Waals surface area contributed by atoms with E-state index in [0.29, 0.717) is 17.8 Å². The Morgan fingerprint density at radius 2 is 2.47 bits per heavy atom. The lowest BCUT2D eigenvalue weighted by Crippen LogP contribution is -2.05. The van der Waals surface area contributed by atoms with Gasteiger partial charge in [0.05, 0.1) is 12.3 Å². The Balaban J connectivity index is 2.14. The van der Waals surface area contributed by atoms with Gasteiger partial charge in [-0.2, -0.15) is 16.4 Å². The SMILES string of the molecule is Cn1ncc(C(O)Cc2ccsc2)c1N. The van der Waals surface area contributed by atoms with Gasteiger partial charge >= 0.3 is 0 Å². The number of aromatic nitrogens is 2. The molecule has 1 atom stereocenters. The summed E-state index contributed by atoms with van der Waals surface area (Å²) in [4.78, 5) is 0. The van der Waals surface area contributed by atoms with Crippen molar-refractivity contribution < 1.29 is 5.11 Å². The van der Waals surface area contributed by atoms with Crippen molar-refractivity contribution in [1.82, 2.24) is 9.78 Å². The molecule has 80 valence electrons. The molecule has 15 heavy (non-hydrogen) atoms. The Hall–Kier alpha value is -1.33. The van der Waals surface area contributed by atoms with Crippen molar-refractivity contribution >= 4 is 17.2 Å². The first-order chi connectivity index (χ1) is 7.18. The van der Waals surface area contributed by atoms with Crippen molar-refractivity contribution in [2.24, 2.45) is 7.05 Å². The molecule has 0 fully saturated rings. The van der Waals surface area contributed by atoms with E-state index in [1.165, 1.54) is 0 Å². The Bertz CT molecular complexity index is 435. The third-order valence-corrected chi connectivity index (χ3v) is 3.11. The molecule has 2 aromatic heterocycles. The molecule has 2 heterocycles. The maximum atomic E-state index is 9.96. The number of anilines is 1. The van der Waals surface area contributed by atoms with Gasteiger partial charge in [0, 0.05) is 19.0 Å². The molecule has 1 unspecified atom stereocenters. The van der Waals surface area contributed by atoms with E-state index in [9.17, 15) is 5.11 Å². The number of rotatable bonds is 3. The standard InChI is InChI=1S/C10H13N3OS/c1-13-10(11)8(5-12-13)9(14)4-7-2-3-15-6-7/h2-3,5-6,9,14H,4,11H2,1H3. The van der Waals surface area contributed by atoms with Gasteiger partial charge in [-0.15, -0.1) is 0 Å². The van der Waals surface area contributed by atoms with Crippen molar-refractivity contribution in [1.29, 1.82) is 0 Å². The molecule has 0 bridgehead atoms. The number of nitrogens with two attached hydrogens (primary N) is 1. The fraction of sp³-hybridized carbons (Fsp3) is 0.300. The molecule has 0 spiro atoms.